The monoisotopic (exact) mass is 236 g/mol. The van der Waals surface area contributed by atoms with Crippen molar-refractivity contribution in [2.75, 3.05) is 24.5 Å². The standard InChI is InChI=1S/C14H21FN2/c1-10(2)14-9-17(5-4-16-14)13-7-11(3)6-12(15)8-13/h6-8,10,14,16H,4-5,9H2,1-3H3. The van der Waals surface area contributed by atoms with Crippen LogP contribution in [0.15, 0.2) is 18.2 Å². The summed E-state index contributed by atoms with van der Waals surface area (Å²) in [5.41, 5.74) is 1.99. The van der Waals surface area contributed by atoms with Gasteiger partial charge in [-0.15, -0.1) is 0 Å². The Morgan fingerprint density at radius 2 is 2.12 bits per heavy atom. The molecule has 1 unspecified atom stereocenters. The maximum Gasteiger partial charge on any atom is 0.125 e. The van der Waals surface area contributed by atoms with Gasteiger partial charge in [-0.05, 0) is 36.6 Å². The molecule has 1 fully saturated rings. The van der Waals surface area contributed by atoms with Crippen LogP contribution in [0.3, 0.4) is 0 Å². The number of halogens is 1. The van der Waals surface area contributed by atoms with E-state index >= 15 is 0 Å². The van der Waals surface area contributed by atoms with E-state index in [1.54, 1.807) is 12.1 Å². The molecule has 1 aromatic carbocycles. The molecular formula is C14H21FN2. The van der Waals surface area contributed by atoms with E-state index in [1.165, 1.54) is 0 Å². The van der Waals surface area contributed by atoms with Gasteiger partial charge in [0.05, 0.1) is 0 Å². The number of benzene rings is 1. The minimum atomic E-state index is -0.139. The minimum absolute atomic E-state index is 0.139. The molecule has 1 atom stereocenters. The zero-order valence-electron chi connectivity index (χ0n) is 10.8. The number of nitrogens with zero attached hydrogens (tertiary/aromatic N) is 1. The third-order valence-electron chi connectivity index (χ3n) is 3.40. The highest BCUT2D eigenvalue weighted by Crippen LogP contribution is 2.21. The van der Waals surface area contributed by atoms with E-state index in [1.807, 2.05) is 6.92 Å². The van der Waals surface area contributed by atoms with E-state index in [2.05, 4.69) is 30.1 Å². The molecule has 0 saturated carbocycles. The normalized spacial score (nSPS) is 21.0. The number of hydrogen-bond acceptors (Lipinski definition) is 2. The lowest BCUT2D eigenvalue weighted by atomic mass is 10.0. The average molecular weight is 236 g/mol. The second kappa shape index (κ2) is 5.05. The Labute approximate surface area is 103 Å². The first-order valence-corrected chi connectivity index (χ1v) is 6.32. The Morgan fingerprint density at radius 3 is 2.76 bits per heavy atom. The first kappa shape index (κ1) is 12.4. The van der Waals surface area contributed by atoms with Crippen molar-refractivity contribution >= 4 is 5.69 Å². The molecule has 1 N–H and O–H groups in total. The molecule has 0 amide bonds. The van der Waals surface area contributed by atoms with Gasteiger partial charge in [-0.1, -0.05) is 13.8 Å². The van der Waals surface area contributed by atoms with Gasteiger partial charge >= 0.3 is 0 Å². The van der Waals surface area contributed by atoms with E-state index < -0.39 is 0 Å². The largest absolute Gasteiger partial charge is 0.369 e. The Kier molecular flexibility index (Phi) is 3.67. The summed E-state index contributed by atoms with van der Waals surface area (Å²) < 4.78 is 13.4. The molecule has 17 heavy (non-hydrogen) atoms. The van der Waals surface area contributed by atoms with Gasteiger partial charge in [0.2, 0.25) is 0 Å². The van der Waals surface area contributed by atoms with Crippen LogP contribution in [0.1, 0.15) is 19.4 Å². The quantitative estimate of drug-likeness (QED) is 0.849. The van der Waals surface area contributed by atoms with Crippen LogP contribution in [0.25, 0.3) is 0 Å². The molecular weight excluding hydrogens is 215 g/mol. The van der Waals surface area contributed by atoms with Gasteiger partial charge < -0.3 is 10.2 Å². The topological polar surface area (TPSA) is 15.3 Å². The molecule has 0 spiro atoms. The molecule has 1 aliphatic heterocycles. The fraction of sp³-hybridized carbons (Fsp3) is 0.571. The summed E-state index contributed by atoms with van der Waals surface area (Å²) in [4.78, 5) is 2.28. The lowest BCUT2D eigenvalue weighted by Gasteiger charge is -2.37. The fourth-order valence-corrected chi connectivity index (χ4v) is 2.36. The lowest BCUT2D eigenvalue weighted by molar-refractivity contribution is 0.368. The van der Waals surface area contributed by atoms with Crippen LogP contribution in [0.5, 0.6) is 0 Å². The number of piperazine rings is 1. The van der Waals surface area contributed by atoms with Crippen LogP contribution in [0, 0.1) is 18.7 Å². The molecule has 1 aromatic rings. The molecule has 3 heteroatoms. The van der Waals surface area contributed by atoms with Crippen LogP contribution < -0.4 is 10.2 Å². The summed E-state index contributed by atoms with van der Waals surface area (Å²) in [6.07, 6.45) is 0. The molecule has 0 bridgehead atoms. The van der Waals surface area contributed by atoms with Crippen molar-refractivity contribution in [1.82, 2.24) is 5.32 Å². The van der Waals surface area contributed by atoms with Crippen molar-refractivity contribution in [3.63, 3.8) is 0 Å². The predicted octanol–water partition coefficient (Wildman–Crippen LogP) is 2.57. The molecule has 0 radical (unpaired) electrons. The summed E-state index contributed by atoms with van der Waals surface area (Å²) >= 11 is 0. The fourth-order valence-electron chi connectivity index (χ4n) is 2.36. The van der Waals surface area contributed by atoms with Gasteiger partial charge in [0.15, 0.2) is 0 Å². The molecule has 0 aromatic heterocycles. The van der Waals surface area contributed by atoms with Crippen LogP contribution in [0.4, 0.5) is 10.1 Å². The second-order valence-corrected chi connectivity index (χ2v) is 5.24. The van der Waals surface area contributed by atoms with Gasteiger partial charge in [0.1, 0.15) is 5.82 Å². The molecule has 2 rings (SSSR count). The van der Waals surface area contributed by atoms with Gasteiger partial charge in [0, 0.05) is 31.4 Å². The second-order valence-electron chi connectivity index (χ2n) is 5.24. The molecule has 1 aliphatic rings. The third kappa shape index (κ3) is 2.97. The highest BCUT2D eigenvalue weighted by molar-refractivity contribution is 5.49. The summed E-state index contributed by atoms with van der Waals surface area (Å²) in [7, 11) is 0. The molecule has 1 saturated heterocycles. The van der Waals surface area contributed by atoms with E-state index in [0.29, 0.717) is 12.0 Å². The molecule has 94 valence electrons. The van der Waals surface area contributed by atoms with Crippen LogP contribution >= 0.6 is 0 Å². The minimum Gasteiger partial charge on any atom is -0.369 e. The summed E-state index contributed by atoms with van der Waals surface area (Å²) in [5.74, 6) is 0.465. The number of nitrogens with one attached hydrogen (secondary N) is 1. The number of hydrogen-bond donors (Lipinski definition) is 1. The summed E-state index contributed by atoms with van der Waals surface area (Å²) in [5, 5.41) is 3.51. The Balaban J connectivity index is 2.16. The number of aryl methyl sites for hydroxylation is 1. The molecule has 0 aliphatic carbocycles. The van der Waals surface area contributed by atoms with Crippen molar-refractivity contribution in [3.8, 4) is 0 Å². The third-order valence-corrected chi connectivity index (χ3v) is 3.40. The van der Waals surface area contributed by atoms with Gasteiger partial charge in [-0.3, -0.25) is 0 Å². The highest BCUT2D eigenvalue weighted by Gasteiger charge is 2.22. The summed E-state index contributed by atoms with van der Waals surface area (Å²) in [6, 6.07) is 5.76. The molecule has 1 heterocycles. The number of anilines is 1. The smallest absolute Gasteiger partial charge is 0.125 e. The first-order chi connectivity index (χ1) is 8.06. The maximum atomic E-state index is 13.4. The van der Waals surface area contributed by atoms with Crippen molar-refractivity contribution < 1.29 is 4.39 Å². The SMILES string of the molecule is Cc1cc(F)cc(N2CCNC(C(C)C)C2)c1. The Morgan fingerprint density at radius 1 is 1.35 bits per heavy atom. The maximum absolute atomic E-state index is 13.4. The van der Waals surface area contributed by atoms with Crippen LogP contribution in [-0.4, -0.2) is 25.7 Å². The Hall–Kier alpha value is -1.09. The zero-order valence-corrected chi connectivity index (χ0v) is 10.8. The van der Waals surface area contributed by atoms with Crippen LogP contribution in [-0.2, 0) is 0 Å². The zero-order chi connectivity index (χ0) is 12.4. The van der Waals surface area contributed by atoms with E-state index in [-0.39, 0.29) is 5.82 Å². The van der Waals surface area contributed by atoms with Crippen molar-refractivity contribution in [2.24, 2.45) is 5.92 Å². The molecule has 2 nitrogen and oxygen atoms in total. The highest BCUT2D eigenvalue weighted by atomic mass is 19.1. The van der Waals surface area contributed by atoms with Gasteiger partial charge in [-0.25, -0.2) is 4.39 Å². The predicted molar refractivity (Wildman–Crippen MR) is 70.0 cm³/mol. The average Bonchev–Trinajstić information content (AvgIpc) is 2.28. The van der Waals surface area contributed by atoms with E-state index in [4.69, 9.17) is 0 Å². The van der Waals surface area contributed by atoms with Gasteiger partial charge in [-0.2, -0.15) is 0 Å². The van der Waals surface area contributed by atoms with Crippen molar-refractivity contribution in [3.05, 3.63) is 29.6 Å². The first-order valence-electron chi connectivity index (χ1n) is 6.32. The number of rotatable bonds is 2. The van der Waals surface area contributed by atoms with Crippen molar-refractivity contribution in [1.29, 1.82) is 0 Å². The summed E-state index contributed by atoms with van der Waals surface area (Å²) in [6.45, 7) is 9.26. The van der Waals surface area contributed by atoms with Crippen LogP contribution in [0.2, 0.25) is 0 Å². The van der Waals surface area contributed by atoms with E-state index in [9.17, 15) is 4.39 Å². The van der Waals surface area contributed by atoms with Crippen molar-refractivity contribution in [2.45, 2.75) is 26.8 Å². The Bertz CT molecular complexity index is 370. The van der Waals surface area contributed by atoms with Gasteiger partial charge in [0.25, 0.3) is 0 Å². The van der Waals surface area contributed by atoms with E-state index in [0.717, 1.165) is 30.9 Å². The lowest BCUT2D eigenvalue weighted by Crippen LogP contribution is -2.53.